The first-order valence-electron chi connectivity index (χ1n) is 7.85. The molecule has 0 spiro atoms. The summed E-state index contributed by atoms with van der Waals surface area (Å²) in [4.78, 5) is 10.8. The zero-order chi connectivity index (χ0) is 18.3. The highest BCUT2D eigenvalue weighted by molar-refractivity contribution is 5.85. The summed E-state index contributed by atoms with van der Waals surface area (Å²) < 4.78 is 4.43. The highest BCUT2D eigenvalue weighted by Crippen LogP contribution is 2.22. The van der Waals surface area contributed by atoms with Crippen LogP contribution in [0.1, 0.15) is 38.9 Å². The maximum absolute atomic E-state index is 10.8. The summed E-state index contributed by atoms with van der Waals surface area (Å²) in [5, 5.41) is 11.6. The number of methoxy groups -OCH3 is 1. The molecule has 0 aliphatic rings. The second-order valence-corrected chi connectivity index (χ2v) is 6.73. The monoisotopic (exact) mass is 331 g/mol. The Hall–Kier alpha value is -2.49. The smallest absolute Gasteiger partial charge is 0.411 e. The Morgan fingerprint density at radius 1 is 1.08 bits per heavy atom. The first-order chi connectivity index (χ1) is 11.1. The molecule has 0 aromatic heterocycles. The number of nitrogens with one attached hydrogen (secondary N) is 1. The minimum atomic E-state index is -0.520. The Morgan fingerprint density at radius 2 is 1.67 bits per heavy atom. The van der Waals surface area contributed by atoms with Crippen molar-refractivity contribution >= 4 is 11.8 Å². The van der Waals surface area contributed by atoms with Crippen LogP contribution >= 0.6 is 0 Å². The van der Waals surface area contributed by atoms with Gasteiger partial charge in [0.1, 0.15) is 5.75 Å². The molecule has 0 saturated heterocycles. The number of anilines is 1. The second-order valence-electron chi connectivity index (χ2n) is 6.73. The fourth-order valence-corrected chi connectivity index (χ4v) is 2.00. The normalized spacial score (nSPS) is 10.4. The largest absolute Gasteiger partial charge is 0.508 e. The molecule has 0 atom stereocenters. The molecule has 4 heteroatoms. The Labute approximate surface area is 146 Å². The molecule has 0 unspecified atom stereocenters. The molecule has 2 rings (SSSR count). The first kappa shape index (κ1) is 19.6. The molecule has 0 bridgehead atoms. The van der Waals surface area contributed by atoms with Crippen molar-refractivity contribution in [2.24, 2.45) is 0 Å². The van der Waals surface area contributed by atoms with Crippen molar-refractivity contribution in [2.45, 2.75) is 40.0 Å². The number of hydrogen-bond acceptors (Lipinski definition) is 3. The van der Waals surface area contributed by atoms with Crippen molar-refractivity contribution in [3.63, 3.8) is 0 Å². The van der Waals surface area contributed by atoms with Crippen LogP contribution in [0.4, 0.5) is 10.5 Å². The van der Waals surface area contributed by atoms with Gasteiger partial charge in [-0.2, -0.15) is 0 Å². The molecule has 0 aliphatic carbocycles. The summed E-state index contributed by atoms with van der Waals surface area (Å²) in [6.07, 6.45) is -0.520. The molecule has 2 aromatic carbocycles. The van der Waals surface area contributed by atoms with Crippen molar-refractivity contribution in [3.05, 3.63) is 59.2 Å². The number of carbonyl (C=O) groups excluding carboxylic acids is 1. The highest BCUT2D eigenvalue weighted by atomic mass is 16.5. The summed E-state index contributed by atoms with van der Waals surface area (Å²) >= 11 is 0. The number of carbonyl (C=O) groups is 1. The molecule has 0 fully saturated rings. The standard InChI is InChI=1S/C11H16.C9H11NO3.H2/c1-9-5-7-10(8-6-9)11(2,3)4;1-6-5-7(11)3-4-8(6)10-9(12)13-2;/h5-8H,1-4H3;3-5,11H,1-2H3,(H,10,12);1H. The van der Waals surface area contributed by atoms with Crippen LogP contribution in [-0.4, -0.2) is 18.3 Å². The van der Waals surface area contributed by atoms with Gasteiger partial charge in [-0.05, 0) is 48.6 Å². The van der Waals surface area contributed by atoms with E-state index in [0.29, 0.717) is 5.69 Å². The third kappa shape index (κ3) is 6.32. The Balaban J connectivity index is 0.000000449. The van der Waals surface area contributed by atoms with Crippen LogP contribution in [0, 0.1) is 13.8 Å². The van der Waals surface area contributed by atoms with E-state index in [2.05, 4.69) is 62.0 Å². The third-order valence-corrected chi connectivity index (χ3v) is 3.55. The van der Waals surface area contributed by atoms with Crippen molar-refractivity contribution in [2.75, 3.05) is 12.4 Å². The number of rotatable bonds is 1. The maximum atomic E-state index is 10.8. The molecule has 132 valence electrons. The molecule has 0 saturated carbocycles. The van der Waals surface area contributed by atoms with Crippen molar-refractivity contribution in [3.8, 4) is 5.75 Å². The fraction of sp³-hybridized carbons (Fsp3) is 0.350. The lowest BCUT2D eigenvalue weighted by Gasteiger charge is -2.18. The van der Waals surface area contributed by atoms with Gasteiger partial charge in [0.15, 0.2) is 0 Å². The zero-order valence-electron chi connectivity index (χ0n) is 15.3. The van der Waals surface area contributed by atoms with Crippen LogP contribution in [0.3, 0.4) is 0 Å². The highest BCUT2D eigenvalue weighted by Gasteiger charge is 2.11. The third-order valence-electron chi connectivity index (χ3n) is 3.55. The lowest BCUT2D eigenvalue weighted by atomic mass is 9.87. The number of phenols is 1. The quantitative estimate of drug-likeness (QED) is 0.686. The number of benzene rings is 2. The van der Waals surface area contributed by atoms with E-state index in [1.54, 1.807) is 19.1 Å². The summed E-state index contributed by atoms with van der Waals surface area (Å²) in [6, 6.07) is 13.4. The van der Waals surface area contributed by atoms with Gasteiger partial charge in [0, 0.05) is 7.11 Å². The molecule has 2 N–H and O–H groups in total. The predicted molar refractivity (Wildman–Crippen MR) is 101 cm³/mol. The van der Waals surface area contributed by atoms with Crippen LogP contribution in [0.15, 0.2) is 42.5 Å². The Morgan fingerprint density at radius 3 is 2.12 bits per heavy atom. The Bertz CT molecular complexity index is 676. The van der Waals surface area contributed by atoms with Gasteiger partial charge >= 0.3 is 6.09 Å². The maximum Gasteiger partial charge on any atom is 0.411 e. The van der Waals surface area contributed by atoms with Gasteiger partial charge in [0.05, 0.1) is 7.11 Å². The molecule has 0 radical (unpaired) electrons. The van der Waals surface area contributed by atoms with Gasteiger partial charge in [-0.25, -0.2) is 4.79 Å². The number of hydrogen-bond donors (Lipinski definition) is 2. The van der Waals surface area contributed by atoms with Gasteiger partial charge in [-0.15, -0.1) is 0 Å². The van der Waals surface area contributed by atoms with E-state index in [0.717, 1.165) is 5.56 Å². The van der Waals surface area contributed by atoms with Gasteiger partial charge in [-0.1, -0.05) is 50.6 Å². The van der Waals surface area contributed by atoms with Crippen molar-refractivity contribution in [1.82, 2.24) is 0 Å². The number of phenolic OH excluding ortho intramolecular Hbond substituents is 1. The molecular formula is C20H29NO3. The van der Waals surface area contributed by atoms with Crippen LogP contribution in [0.5, 0.6) is 5.75 Å². The van der Waals surface area contributed by atoms with Gasteiger partial charge in [0.25, 0.3) is 0 Å². The van der Waals surface area contributed by atoms with E-state index in [-0.39, 0.29) is 12.6 Å². The summed E-state index contributed by atoms with van der Waals surface area (Å²) in [7, 11) is 1.30. The minimum absolute atomic E-state index is 0. The fourth-order valence-electron chi connectivity index (χ4n) is 2.00. The second kappa shape index (κ2) is 8.39. The van der Waals surface area contributed by atoms with E-state index in [9.17, 15) is 4.79 Å². The van der Waals surface area contributed by atoms with Crippen LogP contribution < -0.4 is 5.32 Å². The zero-order valence-corrected chi connectivity index (χ0v) is 15.3. The molecule has 0 aliphatic heterocycles. The van der Waals surface area contributed by atoms with E-state index in [1.165, 1.54) is 24.3 Å². The molecular weight excluding hydrogens is 302 g/mol. The lowest BCUT2D eigenvalue weighted by Crippen LogP contribution is -2.11. The molecule has 4 nitrogen and oxygen atoms in total. The molecule has 0 heterocycles. The van der Waals surface area contributed by atoms with Crippen LogP contribution in [-0.2, 0) is 10.2 Å². The number of aryl methyl sites for hydroxylation is 2. The average molecular weight is 331 g/mol. The van der Waals surface area contributed by atoms with E-state index < -0.39 is 6.09 Å². The van der Waals surface area contributed by atoms with Crippen LogP contribution in [0.25, 0.3) is 0 Å². The topological polar surface area (TPSA) is 58.6 Å². The predicted octanol–water partition coefficient (Wildman–Crippen LogP) is 5.42. The lowest BCUT2D eigenvalue weighted by molar-refractivity contribution is 0.187. The van der Waals surface area contributed by atoms with Crippen molar-refractivity contribution in [1.29, 1.82) is 0 Å². The number of ether oxygens (including phenoxy) is 1. The van der Waals surface area contributed by atoms with Gasteiger partial charge in [-0.3, -0.25) is 5.32 Å². The van der Waals surface area contributed by atoms with Crippen LogP contribution in [0.2, 0.25) is 0 Å². The average Bonchev–Trinajstić information content (AvgIpc) is 2.50. The molecule has 2 aromatic rings. The number of aromatic hydroxyl groups is 1. The first-order valence-corrected chi connectivity index (χ1v) is 7.85. The van der Waals surface area contributed by atoms with Crippen molar-refractivity contribution < 1.29 is 16.1 Å². The molecule has 1 amide bonds. The summed E-state index contributed by atoms with van der Waals surface area (Å²) in [5.74, 6) is 0.174. The SMILES string of the molecule is COC(=O)Nc1ccc(O)cc1C.Cc1ccc(C(C)(C)C)cc1.[HH]. The van der Waals surface area contributed by atoms with E-state index in [4.69, 9.17) is 5.11 Å². The van der Waals surface area contributed by atoms with E-state index >= 15 is 0 Å². The minimum Gasteiger partial charge on any atom is -0.508 e. The Kier molecular flexibility index (Phi) is 6.83. The van der Waals surface area contributed by atoms with Gasteiger partial charge < -0.3 is 9.84 Å². The summed E-state index contributed by atoms with van der Waals surface area (Å²) in [6.45, 7) is 10.6. The van der Waals surface area contributed by atoms with Gasteiger partial charge in [0.2, 0.25) is 0 Å². The van der Waals surface area contributed by atoms with E-state index in [1.807, 2.05) is 0 Å². The molecule has 24 heavy (non-hydrogen) atoms. The number of amides is 1. The summed E-state index contributed by atoms with van der Waals surface area (Å²) in [5.41, 5.74) is 4.43.